The predicted molar refractivity (Wildman–Crippen MR) is 117 cm³/mol. The number of nitrogens with zero attached hydrogens (tertiary/aromatic N) is 5. The molecule has 1 aromatic carbocycles. The molecule has 0 aliphatic heterocycles. The van der Waals surface area contributed by atoms with Crippen LogP contribution in [0.3, 0.4) is 0 Å². The molecular formula is C22H15F6N5O2S. The second-order valence-electron chi connectivity index (χ2n) is 7.50. The van der Waals surface area contributed by atoms with E-state index in [0.717, 1.165) is 24.4 Å². The number of imidazole rings is 1. The Labute approximate surface area is 200 Å². The van der Waals surface area contributed by atoms with Crippen molar-refractivity contribution in [2.45, 2.75) is 17.2 Å². The average molecular weight is 527 g/mol. The monoisotopic (exact) mass is 527 g/mol. The summed E-state index contributed by atoms with van der Waals surface area (Å²) in [6.45, 7) is 0. The smallest absolute Gasteiger partial charge is 0.298 e. The highest BCUT2D eigenvalue weighted by atomic mass is 32.2. The van der Waals surface area contributed by atoms with Crippen LogP contribution in [0.25, 0.3) is 16.8 Å². The van der Waals surface area contributed by atoms with Gasteiger partial charge in [0.25, 0.3) is 10.0 Å². The maximum absolute atomic E-state index is 13.1. The van der Waals surface area contributed by atoms with Crippen molar-refractivity contribution in [3.05, 3.63) is 84.1 Å². The lowest BCUT2D eigenvalue weighted by Crippen LogP contribution is -2.23. The maximum Gasteiger partial charge on any atom is 0.416 e. The molecule has 3 heterocycles. The van der Waals surface area contributed by atoms with Gasteiger partial charge in [0.15, 0.2) is 0 Å². The lowest BCUT2D eigenvalue weighted by Gasteiger charge is -2.17. The zero-order valence-electron chi connectivity index (χ0n) is 18.2. The van der Waals surface area contributed by atoms with Gasteiger partial charge in [0.1, 0.15) is 5.65 Å². The van der Waals surface area contributed by atoms with Crippen molar-refractivity contribution in [3.63, 3.8) is 0 Å². The molecule has 4 rings (SSSR count). The van der Waals surface area contributed by atoms with E-state index in [1.54, 1.807) is 41.2 Å². The van der Waals surface area contributed by atoms with Gasteiger partial charge in [-0.15, -0.1) is 0 Å². The van der Waals surface area contributed by atoms with E-state index in [4.69, 9.17) is 0 Å². The first-order chi connectivity index (χ1) is 16.8. The second kappa shape index (κ2) is 8.93. The number of rotatable bonds is 5. The molecule has 4 aromatic rings. The largest absolute Gasteiger partial charge is 0.416 e. The number of benzene rings is 1. The van der Waals surface area contributed by atoms with Crippen molar-refractivity contribution in [2.24, 2.45) is 5.10 Å². The number of fused-ring (bicyclic) bond motifs is 1. The van der Waals surface area contributed by atoms with E-state index in [1.165, 1.54) is 6.20 Å². The highest BCUT2D eigenvalue weighted by Gasteiger charge is 2.38. The molecule has 0 N–H and O–H groups in total. The fourth-order valence-corrected chi connectivity index (χ4v) is 4.26. The Balaban J connectivity index is 1.70. The molecule has 188 valence electrons. The van der Waals surface area contributed by atoms with Gasteiger partial charge in [0.2, 0.25) is 0 Å². The SMILES string of the molecule is CN(N=Cc1cnc2ccc(-c3cccnc3)cn12)S(=O)(=O)c1cc(C(F)(F)F)cc(C(F)(F)F)c1. The number of hydrogen-bond acceptors (Lipinski definition) is 5. The minimum atomic E-state index is -5.20. The van der Waals surface area contributed by atoms with Crippen molar-refractivity contribution in [1.29, 1.82) is 0 Å². The van der Waals surface area contributed by atoms with E-state index >= 15 is 0 Å². The molecule has 0 atom stereocenters. The lowest BCUT2D eigenvalue weighted by molar-refractivity contribution is -0.143. The average Bonchev–Trinajstić information content (AvgIpc) is 3.23. The van der Waals surface area contributed by atoms with Gasteiger partial charge in [-0.2, -0.15) is 44.3 Å². The molecule has 14 heteroatoms. The van der Waals surface area contributed by atoms with Crippen molar-refractivity contribution in [3.8, 4) is 11.1 Å². The van der Waals surface area contributed by atoms with Crippen molar-refractivity contribution in [1.82, 2.24) is 18.8 Å². The number of sulfonamides is 1. The summed E-state index contributed by atoms with van der Waals surface area (Å²) in [5.74, 6) is 0. The molecule has 36 heavy (non-hydrogen) atoms. The van der Waals surface area contributed by atoms with E-state index in [0.29, 0.717) is 11.3 Å². The summed E-state index contributed by atoms with van der Waals surface area (Å²) in [4.78, 5) is 7.00. The summed E-state index contributed by atoms with van der Waals surface area (Å²) in [6.07, 6.45) is -3.02. The number of halogens is 6. The Bertz CT molecular complexity index is 1510. The fraction of sp³-hybridized carbons (Fsp3) is 0.136. The first-order valence-electron chi connectivity index (χ1n) is 9.97. The van der Waals surface area contributed by atoms with Gasteiger partial charge < -0.3 is 0 Å². The third-order valence-electron chi connectivity index (χ3n) is 5.09. The third kappa shape index (κ3) is 5.03. The number of hydrazone groups is 1. The van der Waals surface area contributed by atoms with Crippen LogP contribution < -0.4 is 0 Å². The van der Waals surface area contributed by atoms with Crippen LogP contribution in [0.4, 0.5) is 26.3 Å². The van der Waals surface area contributed by atoms with Crippen LogP contribution in [0, 0.1) is 0 Å². The summed E-state index contributed by atoms with van der Waals surface area (Å²) in [5, 5.41) is 3.74. The summed E-state index contributed by atoms with van der Waals surface area (Å²) in [5.41, 5.74) is -1.16. The lowest BCUT2D eigenvalue weighted by atomic mass is 10.1. The number of hydrogen-bond donors (Lipinski definition) is 0. The Hall–Kier alpha value is -3.94. The second-order valence-corrected chi connectivity index (χ2v) is 9.45. The van der Waals surface area contributed by atoms with Crippen LogP contribution in [0.2, 0.25) is 0 Å². The van der Waals surface area contributed by atoms with Gasteiger partial charge in [0, 0.05) is 36.8 Å². The highest BCUT2D eigenvalue weighted by molar-refractivity contribution is 7.89. The summed E-state index contributed by atoms with van der Waals surface area (Å²) >= 11 is 0. The molecule has 3 aromatic heterocycles. The van der Waals surface area contributed by atoms with Crippen LogP contribution in [-0.2, 0) is 22.4 Å². The first-order valence-corrected chi connectivity index (χ1v) is 11.4. The molecule has 0 aliphatic carbocycles. The molecule has 0 bridgehead atoms. The molecule has 0 saturated heterocycles. The van der Waals surface area contributed by atoms with Crippen LogP contribution in [-0.4, -0.2) is 40.5 Å². The first kappa shape index (κ1) is 25.2. The third-order valence-corrected chi connectivity index (χ3v) is 6.71. The Morgan fingerprint density at radius 3 is 2.19 bits per heavy atom. The molecule has 0 amide bonds. The van der Waals surface area contributed by atoms with Crippen molar-refractivity contribution < 1.29 is 34.8 Å². The van der Waals surface area contributed by atoms with E-state index in [2.05, 4.69) is 15.1 Å². The molecule has 0 spiro atoms. The van der Waals surface area contributed by atoms with Crippen LogP contribution in [0.1, 0.15) is 16.8 Å². The Morgan fingerprint density at radius 2 is 1.61 bits per heavy atom. The molecular weight excluding hydrogens is 512 g/mol. The topological polar surface area (TPSA) is 79.9 Å². The highest BCUT2D eigenvalue weighted by Crippen LogP contribution is 2.37. The maximum atomic E-state index is 13.1. The van der Waals surface area contributed by atoms with Gasteiger partial charge >= 0.3 is 12.4 Å². The zero-order chi connectivity index (χ0) is 26.3. The van der Waals surface area contributed by atoms with Crippen LogP contribution in [0.5, 0.6) is 0 Å². The minimum absolute atomic E-state index is 0.130. The number of pyridine rings is 2. The molecule has 7 nitrogen and oxygen atoms in total. The molecule has 0 radical (unpaired) electrons. The Morgan fingerprint density at radius 1 is 0.944 bits per heavy atom. The van der Waals surface area contributed by atoms with Gasteiger partial charge in [0.05, 0.1) is 34.1 Å². The van der Waals surface area contributed by atoms with E-state index in [1.807, 2.05) is 6.07 Å². The summed E-state index contributed by atoms with van der Waals surface area (Å²) in [7, 11) is -3.97. The van der Waals surface area contributed by atoms with Gasteiger partial charge in [-0.1, -0.05) is 6.07 Å². The summed E-state index contributed by atoms with van der Waals surface area (Å²) < 4.78 is 106. The quantitative estimate of drug-likeness (QED) is 0.206. The summed E-state index contributed by atoms with van der Waals surface area (Å²) in [6, 6.07) is 7.16. The number of aromatic nitrogens is 3. The molecule has 0 unspecified atom stereocenters. The molecule has 0 aliphatic rings. The van der Waals surface area contributed by atoms with Gasteiger partial charge in [-0.05, 0) is 36.4 Å². The van der Waals surface area contributed by atoms with E-state index < -0.39 is 38.4 Å². The van der Waals surface area contributed by atoms with E-state index in [-0.39, 0.29) is 22.6 Å². The van der Waals surface area contributed by atoms with Crippen LogP contribution >= 0.6 is 0 Å². The normalized spacial score (nSPS) is 13.0. The number of alkyl halides is 6. The van der Waals surface area contributed by atoms with Gasteiger partial charge in [-0.25, -0.2) is 4.98 Å². The molecule has 0 saturated carbocycles. The van der Waals surface area contributed by atoms with Crippen LogP contribution in [0.15, 0.2) is 77.2 Å². The minimum Gasteiger partial charge on any atom is -0.298 e. The van der Waals surface area contributed by atoms with Crippen molar-refractivity contribution in [2.75, 3.05) is 7.05 Å². The predicted octanol–water partition coefficient (Wildman–Crippen LogP) is 5.09. The van der Waals surface area contributed by atoms with Gasteiger partial charge in [-0.3, -0.25) is 9.38 Å². The molecule has 0 fully saturated rings. The van der Waals surface area contributed by atoms with E-state index in [9.17, 15) is 34.8 Å². The standard InChI is InChI=1S/C22H15F6N5O2S/c1-32(36(34,35)19-8-16(21(23,24)25)7-17(9-19)22(26,27)28)31-12-18-11-30-20-5-4-15(13-33(18)20)14-3-2-6-29-10-14/h2-13H,1H3. The fourth-order valence-electron chi connectivity index (χ4n) is 3.23. The Kier molecular flexibility index (Phi) is 6.24. The zero-order valence-corrected chi connectivity index (χ0v) is 19.0. The van der Waals surface area contributed by atoms with Crippen molar-refractivity contribution >= 4 is 21.9 Å².